The van der Waals surface area contributed by atoms with E-state index < -0.39 is 23.4 Å². The summed E-state index contributed by atoms with van der Waals surface area (Å²) in [5.74, 6) is 6.90. The number of phenolic OH excluding ortho intramolecular Hbond substituents is 1. The summed E-state index contributed by atoms with van der Waals surface area (Å²) in [7, 11) is 0. The molecule has 7 aromatic rings. The van der Waals surface area contributed by atoms with Crippen LogP contribution >= 0.6 is 11.6 Å². The molecular formula is C89H118ClN5O12. The number of rotatable bonds is 23. The molecule has 4 unspecified atom stereocenters. The minimum Gasteiger partial charge on any atom is -0.508 e. The van der Waals surface area contributed by atoms with Crippen LogP contribution in [0, 0.1) is 11.8 Å². The molecule has 5 heterocycles. The maximum Gasteiger partial charge on any atom is 0.410 e. The van der Waals surface area contributed by atoms with Gasteiger partial charge in [-0.25, -0.2) is 9.59 Å². The Morgan fingerprint density at radius 3 is 1.20 bits per heavy atom. The molecule has 8 fully saturated rings. The SMILES string of the molecule is CC(C)(C)OC(=O)N(C1CCN(CC(O)COc2ccccc2)CC1)[C@@H]1C[C@H]1c1ccccc1.CC(C)(C)OC(=O)N(C1CCNCC1)[C@@H]1C[C@H]1c1ccccc1.ClCC1CO1.OC(COc1ccccc1)CN1CCC(C[C@@H]2C[C@H]2c2ccccc2)CC1.Oc1ccccc1.c1ccc(OCC2CO2)cc1. The first kappa shape index (κ1) is 81.8. The molecule has 0 radical (unpaired) electrons. The molecule has 4 N–H and O–H groups in total. The molecule has 3 aliphatic carbocycles. The lowest BCUT2D eigenvalue weighted by molar-refractivity contribution is 0.000749. The zero-order valence-corrected chi connectivity index (χ0v) is 64.6. The number of para-hydroxylation sites is 4. The smallest absolute Gasteiger partial charge is 0.410 e. The van der Waals surface area contributed by atoms with E-state index in [0.29, 0.717) is 61.5 Å². The lowest BCUT2D eigenvalue weighted by Crippen LogP contribution is -2.51. The van der Waals surface area contributed by atoms with Gasteiger partial charge in [-0.15, -0.1) is 11.6 Å². The molecular weight excluding hydrogens is 1370 g/mol. The lowest BCUT2D eigenvalue weighted by atomic mass is 9.90. The van der Waals surface area contributed by atoms with Gasteiger partial charge in [0.25, 0.3) is 0 Å². The van der Waals surface area contributed by atoms with E-state index >= 15 is 0 Å². The molecule has 8 aliphatic rings. The second-order valence-electron chi connectivity index (χ2n) is 31.5. The van der Waals surface area contributed by atoms with Crippen molar-refractivity contribution in [2.45, 2.75) is 183 Å². The number of piperidine rings is 3. The number of carbonyl (C=O) groups is 2. The number of nitrogens with zero attached hydrogens (tertiary/aromatic N) is 4. The van der Waals surface area contributed by atoms with Gasteiger partial charge in [-0.05, 0) is 215 Å². The van der Waals surface area contributed by atoms with E-state index in [1.165, 1.54) is 42.4 Å². The van der Waals surface area contributed by atoms with Crippen molar-refractivity contribution >= 4 is 23.8 Å². The van der Waals surface area contributed by atoms with Gasteiger partial charge in [-0.1, -0.05) is 164 Å². The minimum absolute atomic E-state index is 0.146. The monoisotopic (exact) mass is 1480 g/mol. The fraction of sp³-hybridized carbons (Fsp3) is 0.506. The van der Waals surface area contributed by atoms with Gasteiger partial charge in [-0.3, -0.25) is 0 Å². The maximum absolute atomic E-state index is 13.2. The predicted molar refractivity (Wildman–Crippen MR) is 424 cm³/mol. The summed E-state index contributed by atoms with van der Waals surface area (Å²) in [4.78, 5) is 34.8. The van der Waals surface area contributed by atoms with Crippen molar-refractivity contribution < 1.29 is 58.1 Å². The summed E-state index contributed by atoms with van der Waals surface area (Å²) in [5, 5.41) is 32.8. The number of carbonyl (C=O) groups excluding carboxylic acids is 2. The van der Waals surface area contributed by atoms with Crippen LogP contribution in [-0.4, -0.2) is 198 Å². The van der Waals surface area contributed by atoms with Gasteiger partial charge in [-0.2, -0.15) is 0 Å². The summed E-state index contributed by atoms with van der Waals surface area (Å²) in [5.41, 5.74) is 3.19. The van der Waals surface area contributed by atoms with E-state index in [4.69, 9.17) is 49.9 Å². The fourth-order valence-corrected chi connectivity index (χ4v) is 14.5. The van der Waals surface area contributed by atoms with E-state index in [-0.39, 0.29) is 36.9 Å². The van der Waals surface area contributed by atoms with Gasteiger partial charge >= 0.3 is 12.2 Å². The number of hydrogen-bond donors (Lipinski definition) is 4. The summed E-state index contributed by atoms with van der Waals surface area (Å²) in [6.45, 7) is 21.8. The molecule has 3 saturated carbocycles. The van der Waals surface area contributed by atoms with Gasteiger partial charge in [0.2, 0.25) is 0 Å². The highest BCUT2D eigenvalue weighted by Crippen LogP contribution is 2.52. The van der Waals surface area contributed by atoms with E-state index in [9.17, 15) is 19.8 Å². The van der Waals surface area contributed by atoms with E-state index in [2.05, 4.69) is 94.0 Å². The van der Waals surface area contributed by atoms with Crippen LogP contribution in [0.3, 0.4) is 0 Å². The number of amides is 2. The zero-order valence-electron chi connectivity index (χ0n) is 63.9. The normalized spacial score (nSPS) is 22.9. The van der Waals surface area contributed by atoms with Crippen molar-refractivity contribution in [1.82, 2.24) is 24.9 Å². The van der Waals surface area contributed by atoms with Crippen LogP contribution in [0.15, 0.2) is 212 Å². The highest BCUT2D eigenvalue weighted by Gasteiger charge is 2.50. The van der Waals surface area contributed by atoms with Crippen LogP contribution in [0.4, 0.5) is 9.59 Å². The van der Waals surface area contributed by atoms with Gasteiger partial charge in [0.1, 0.15) is 72.3 Å². The van der Waals surface area contributed by atoms with Crippen molar-refractivity contribution in [1.29, 1.82) is 0 Å². The van der Waals surface area contributed by atoms with Gasteiger partial charge in [0.15, 0.2) is 0 Å². The number of aromatic hydroxyl groups is 1. The number of likely N-dealkylation sites (tertiary alicyclic amines) is 2. The third-order valence-corrected chi connectivity index (χ3v) is 20.6. The quantitative estimate of drug-likeness (QED) is 0.0349. The molecule has 18 heteroatoms. The maximum atomic E-state index is 13.2. The number of benzene rings is 7. The Balaban J connectivity index is 0.000000150. The molecule has 107 heavy (non-hydrogen) atoms. The summed E-state index contributed by atoms with van der Waals surface area (Å²) >= 11 is 5.27. The number of halogens is 1. The largest absolute Gasteiger partial charge is 0.508 e. The molecule has 7 aromatic carbocycles. The Morgan fingerprint density at radius 1 is 0.486 bits per heavy atom. The number of hydrogen-bond acceptors (Lipinski definition) is 15. The standard InChI is InChI=1S/C28H38N2O4.C24H31NO2.C19H28N2O2.C9H10O2.C6H6O.C3H5ClO/c1-28(2,3)34-27(32)30(26-18-25(26)21-10-6-4-7-11-21)22-14-16-29(17-15-22)19-23(31)20-33-24-12-8-5-9-13-24;26-22(18-27-23-9-5-2-6-10-23)17-25-13-11-19(12-14-25)15-21-16-24(21)20-7-3-1-4-8-20;1-19(2,3)23-18(22)21(15-9-11-20-12-10-15)17-13-16(17)14-7-5-4-6-8-14;1-2-4-8(5-3-1)10-6-9-7-11-9;7-6-4-2-1-3-5-6;4-1-3-2-5-3/h4-13,22-23,25-26,31H,14-20H2,1-3H3;1-10,19,21-22,24,26H,11-18H2;4-8,15-17,20H,9-13H2,1-3H3;1-5,9H,6-7H2;1-5,7H;3H,1-2H2/t23?,25-,26+;21-,22?,24+;16-,17+;;;/m010.../s1. The van der Waals surface area contributed by atoms with E-state index in [0.717, 1.165) is 133 Å². The molecule has 10 atom stereocenters. The number of aliphatic hydroxyl groups excluding tert-OH is 2. The first-order valence-electron chi connectivity index (χ1n) is 39.1. The van der Waals surface area contributed by atoms with Crippen LogP contribution in [0.1, 0.15) is 140 Å². The number of phenols is 1. The number of aliphatic hydroxyl groups is 2. The topological polar surface area (TPSA) is 191 Å². The highest BCUT2D eigenvalue weighted by molar-refractivity contribution is 6.18. The third kappa shape index (κ3) is 29.7. The average molecular weight is 1490 g/mol. The molecule has 0 bridgehead atoms. The molecule has 2 amide bonds. The fourth-order valence-electron chi connectivity index (χ4n) is 14.3. The second-order valence-corrected chi connectivity index (χ2v) is 31.8. The van der Waals surface area contributed by atoms with Crippen LogP contribution in [0.2, 0.25) is 0 Å². The zero-order chi connectivity index (χ0) is 75.4. The molecule has 15 rings (SSSR count). The number of β-amino-alcohol motifs (C(OH)–C–C–N with tert-alkyl or cyclic N) is 2. The van der Waals surface area contributed by atoms with Crippen molar-refractivity contribution in [2.75, 3.05) is 91.3 Å². The number of ether oxygens (including phenoxy) is 7. The molecule has 0 aromatic heterocycles. The van der Waals surface area contributed by atoms with Crippen molar-refractivity contribution in [2.24, 2.45) is 11.8 Å². The Labute approximate surface area is 641 Å². The second kappa shape index (κ2) is 41.7. The molecule has 0 spiro atoms. The number of nitrogens with one attached hydrogen (secondary N) is 1. The first-order chi connectivity index (χ1) is 51.8. The van der Waals surface area contributed by atoms with Gasteiger partial charge in [0, 0.05) is 62.2 Å². The molecule has 17 nitrogen and oxygen atoms in total. The van der Waals surface area contributed by atoms with Gasteiger partial charge < -0.3 is 73.4 Å². The highest BCUT2D eigenvalue weighted by atomic mass is 35.5. The number of alkyl halides is 1. The van der Waals surface area contributed by atoms with Gasteiger partial charge in [0.05, 0.1) is 25.2 Å². The van der Waals surface area contributed by atoms with Crippen molar-refractivity contribution in [3.05, 3.63) is 229 Å². The molecule has 5 saturated heterocycles. The Kier molecular flexibility index (Phi) is 31.9. The summed E-state index contributed by atoms with van der Waals surface area (Å²) in [6, 6.07) is 70.7. The average Bonchev–Trinajstić information content (AvgIpc) is 1.62. The predicted octanol–water partition coefficient (Wildman–Crippen LogP) is 16.0. The minimum atomic E-state index is -0.551. The Morgan fingerprint density at radius 2 is 0.841 bits per heavy atom. The summed E-state index contributed by atoms with van der Waals surface area (Å²) < 4.78 is 38.0. The Hall–Kier alpha value is -7.71. The molecule has 5 aliphatic heterocycles. The van der Waals surface area contributed by atoms with Crippen molar-refractivity contribution in [3.63, 3.8) is 0 Å². The van der Waals surface area contributed by atoms with Crippen LogP contribution in [0.25, 0.3) is 0 Å². The summed E-state index contributed by atoms with van der Waals surface area (Å²) in [6.07, 6.45) is 10.5. The van der Waals surface area contributed by atoms with Crippen LogP contribution in [-0.2, 0) is 18.9 Å². The lowest BCUT2D eigenvalue weighted by Gasteiger charge is -2.40. The first-order valence-corrected chi connectivity index (χ1v) is 39.6. The molecule has 578 valence electrons. The van der Waals surface area contributed by atoms with E-state index in [1.54, 1.807) is 24.3 Å². The number of epoxide rings is 2. The third-order valence-electron chi connectivity index (χ3n) is 20.3. The Bertz CT molecular complexity index is 3600. The van der Waals surface area contributed by atoms with E-state index in [1.807, 2.05) is 161 Å². The van der Waals surface area contributed by atoms with Crippen LogP contribution in [0.5, 0.6) is 23.0 Å². The van der Waals surface area contributed by atoms with Crippen molar-refractivity contribution in [3.8, 4) is 23.0 Å². The van der Waals surface area contributed by atoms with Crippen LogP contribution < -0.4 is 19.5 Å².